The van der Waals surface area contributed by atoms with Crippen molar-refractivity contribution >= 4 is 39.1 Å². The molecule has 0 saturated heterocycles. The van der Waals surface area contributed by atoms with Crippen LogP contribution in [-0.4, -0.2) is 21.8 Å². The summed E-state index contributed by atoms with van der Waals surface area (Å²) in [6, 6.07) is 0. The summed E-state index contributed by atoms with van der Waals surface area (Å²) < 4.78 is 5.93. The average Bonchev–Trinajstić information content (AvgIpc) is 2.82. The number of hydrogen-bond donors (Lipinski definition) is 1. The van der Waals surface area contributed by atoms with E-state index >= 15 is 0 Å². The van der Waals surface area contributed by atoms with Gasteiger partial charge in [-0.15, -0.1) is 17.9 Å². The predicted molar refractivity (Wildman–Crippen MR) is 89.9 cm³/mol. The highest BCUT2D eigenvalue weighted by molar-refractivity contribution is 7.99. The van der Waals surface area contributed by atoms with Gasteiger partial charge in [0.1, 0.15) is 10.6 Å². The van der Waals surface area contributed by atoms with Crippen LogP contribution in [0.25, 0.3) is 10.2 Å². The Morgan fingerprint density at radius 3 is 3.05 bits per heavy atom. The Hall–Kier alpha value is -1.11. The average molecular weight is 321 g/mol. The van der Waals surface area contributed by atoms with Crippen molar-refractivity contribution in [3.05, 3.63) is 23.1 Å². The number of nitrogens with two attached hydrogens (primary N) is 1. The lowest BCUT2D eigenvalue weighted by molar-refractivity contribution is 0.00203. The summed E-state index contributed by atoms with van der Waals surface area (Å²) in [5, 5.41) is 1.76. The Bertz CT molecular complexity index is 681. The van der Waals surface area contributed by atoms with Crippen LogP contribution in [0.15, 0.2) is 17.8 Å². The minimum atomic E-state index is 0.254. The summed E-state index contributed by atoms with van der Waals surface area (Å²) in [4.78, 5) is 11.3. The third-order valence-corrected chi connectivity index (χ3v) is 5.59. The highest BCUT2D eigenvalue weighted by Gasteiger charge is 2.27. The van der Waals surface area contributed by atoms with Crippen LogP contribution in [0, 0.1) is 5.92 Å². The molecule has 112 valence electrons. The molecule has 1 aliphatic heterocycles. The van der Waals surface area contributed by atoms with Gasteiger partial charge >= 0.3 is 0 Å². The normalized spacial score (nSPS) is 18.1. The minimum absolute atomic E-state index is 0.254. The summed E-state index contributed by atoms with van der Waals surface area (Å²) >= 11 is 3.24. The molecule has 2 aromatic rings. The van der Waals surface area contributed by atoms with Gasteiger partial charge in [-0.05, 0) is 11.5 Å². The molecule has 1 aliphatic rings. The maximum absolute atomic E-state index is 6.19. The maximum atomic E-state index is 6.19. The first-order valence-electron chi connectivity index (χ1n) is 7.03. The summed E-state index contributed by atoms with van der Waals surface area (Å²) in [5.74, 6) is 1.88. The van der Waals surface area contributed by atoms with Crippen LogP contribution in [0.2, 0.25) is 0 Å². The lowest BCUT2D eigenvalue weighted by Crippen LogP contribution is -2.26. The molecule has 0 radical (unpaired) electrons. The van der Waals surface area contributed by atoms with E-state index in [0.29, 0.717) is 18.3 Å². The zero-order valence-corrected chi connectivity index (χ0v) is 13.9. The van der Waals surface area contributed by atoms with Crippen molar-refractivity contribution in [1.82, 2.24) is 9.97 Å². The monoisotopic (exact) mass is 321 g/mol. The van der Waals surface area contributed by atoms with E-state index in [4.69, 9.17) is 10.5 Å². The van der Waals surface area contributed by atoms with Crippen LogP contribution in [-0.2, 0) is 17.8 Å². The number of ether oxygens (including phenoxy) is 1. The van der Waals surface area contributed by atoms with Crippen LogP contribution in [0.5, 0.6) is 0 Å². The molecule has 0 spiro atoms. The molecule has 3 heterocycles. The van der Waals surface area contributed by atoms with Gasteiger partial charge in [0.2, 0.25) is 0 Å². The number of nitrogens with zero attached hydrogens (tertiary/aromatic N) is 2. The second-order valence-corrected chi connectivity index (χ2v) is 7.54. The SMILES string of the molecule is C=CCSc1nc(N)c2c3c(sc2n1)CO[C@@H](C(C)C)C3. The molecule has 0 unspecified atom stereocenters. The Labute approximate surface area is 132 Å². The molecule has 1 atom stereocenters. The molecule has 21 heavy (non-hydrogen) atoms. The van der Waals surface area contributed by atoms with Crippen molar-refractivity contribution in [2.24, 2.45) is 5.92 Å². The molecule has 0 aliphatic carbocycles. The van der Waals surface area contributed by atoms with E-state index in [1.165, 1.54) is 10.4 Å². The molecule has 2 N–H and O–H groups in total. The lowest BCUT2D eigenvalue weighted by atomic mass is 9.96. The number of hydrogen-bond acceptors (Lipinski definition) is 6. The molecule has 0 fully saturated rings. The first-order valence-corrected chi connectivity index (χ1v) is 8.83. The molecule has 4 nitrogen and oxygen atoms in total. The van der Waals surface area contributed by atoms with E-state index in [0.717, 1.165) is 27.5 Å². The van der Waals surface area contributed by atoms with Gasteiger partial charge in [0.25, 0.3) is 0 Å². The molecule has 0 amide bonds. The number of nitrogen functional groups attached to an aromatic ring is 1. The number of rotatable bonds is 4. The number of aromatic nitrogens is 2. The standard InChI is InChI=1S/C15H19N3OS2/c1-4-5-20-15-17-13(16)12-9-6-10(8(2)3)19-7-11(9)21-14(12)18-15/h4,8,10H,1,5-7H2,2-3H3,(H2,16,17,18)/t10-/m1/s1. The van der Waals surface area contributed by atoms with Gasteiger partial charge in [0, 0.05) is 17.1 Å². The summed E-state index contributed by atoms with van der Waals surface area (Å²) in [5.41, 5.74) is 7.48. The summed E-state index contributed by atoms with van der Waals surface area (Å²) in [7, 11) is 0. The van der Waals surface area contributed by atoms with Crippen molar-refractivity contribution < 1.29 is 4.74 Å². The minimum Gasteiger partial charge on any atom is -0.383 e. The van der Waals surface area contributed by atoms with Gasteiger partial charge in [0.05, 0.1) is 18.1 Å². The van der Waals surface area contributed by atoms with Crippen LogP contribution in [0.4, 0.5) is 5.82 Å². The highest BCUT2D eigenvalue weighted by Crippen LogP contribution is 2.39. The van der Waals surface area contributed by atoms with Crippen molar-refractivity contribution in [2.45, 2.75) is 38.1 Å². The van der Waals surface area contributed by atoms with E-state index < -0.39 is 0 Å². The maximum Gasteiger partial charge on any atom is 0.191 e. The molecule has 2 aromatic heterocycles. The predicted octanol–water partition coefficient (Wildman–Crippen LogP) is 3.65. The highest BCUT2D eigenvalue weighted by atomic mass is 32.2. The molecule has 0 saturated carbocycles. The number of thiophene rings is 1. The van der Waals surface area contributed by atoms with Crippen LogP contribution >= 0.6 is 23.1 Å². The van der Waals surface area contributed by atoms with Crippen molar-refractivity contribution in [1.29, 1.82) is 0 Å². The van der Waals surface area contributed by atoms with Gasteiger partial charge in [0.15, 0.2) is 5.16 Å². The zero-order valence-electron chi connectivity index (χ0n) is 12.3. The van der Waals surface area contributed by atoms with Crippen LogP contribution in [0.1, 0.15) is 24.3 Å². The number of thioether (sulfide) groups is 1. The number of fused-ring (bicyclic) bond motifs is 3. The van der Waals surface area contributed by atoms with E-state index in [2.05, 4.69) is 30.4 Å². The Morgan fingerprint density at radius 1 is 1.52 bits per heavy atom. The molecular formula is C15H19N3OS2. The molecule has 3 rings (SSSR count). The van der Waals surface area contributed by atoms with Gasteiger partial charge in [-0.25, -0.2) is 9.97 Å². The summed E-state index contributed by atoms with van der Waals surface area (Å²) in [6.45, 7) is 8.75. The smallest absolute Gasteiger partial charge is 0.191 e. The van der Waals surface area contributed by atoms with Gasteiger partial charge in [-0.3, -0.25) is 0 Å². The Kier molecular flexibility index (Phi) is 4.19. The third-order valence-electron chi connectivity index (χ3n) is 3.65. The van der Waals surface area contributed by atoms with Crippen LogP contribution in [0.3, 0.4) is 0 Å². The Morgan fingerprint density at radius 2 is 2.33 bits per heavy atom. The van der Waals surface area contributed by atoms with Crippen molar-refractivity contribution in [3.8, 4) is 0 Å². The Balaban J connectivity index is 2.03. The van der Waals surface area contributed by atoms with Gasteiger partial charge < -0.3 is 10.5 Å². The largest absolute Gasteiger partial charge is 0.383 e. The fourth-order valence-corrected chi connectivity index (χ4v) is 4.29. The first-order chi connectivity index (χ1) is 10.1. The quantitative estimate of drug-likeness (QED) is 0.529. The van der Waals surface area contributed by atoms with E-state index in [1.54, 1.807) is 23.1 Å². The van der Waals surface area contributed by atoms with Gasteiger partial charge in [-0.2, -0.15) is 0 Å². The zero-order chi connectivity index (χ0) is 15.0. The van der Waals surface area contributed by atoms with Crippen molar-refractivity contribution in [3.63, 3.8) is 0 Å². The summed E-state index contributed by atoms with van der Waals surface area (Å²) in [6.07, 6.45) is 3.00. The molecular weight excluding hydrogens is 302 g/mol. The fourth-order valence-electron chi connectivity index (χ4n) is 2.51. The second kappa shape index (κ2) is 5.94. The topological polar surface area (TPSA) is 61.0 Å². The van der Waals surface area contributed by atoms with E-state index in [1.807, 2.05) is 6.08 Å². The van der Waals surface area contributed by atoms with Gasteiger partial charge in [-0.1, -0.05) is 31.7 Å². The first kappa shape index (κ1) is 14.8. The lowest BCUT2D eigenvalue weighted by Gasteiger charge is -2.26. The van der Waals surface area contributed by atoms with E-state index in [9.17, 15) is 0 Å². The number of anilines is 1. The van der Waals surface area contributed by atoms with E-state index in [-0.39, 0.29) is 6.10 Å². The fraction of sp³-hybridized carbons (Fsp3) is 0.467. The van der Waals surface area contributed by atoms with Crippen LogP contribution < -0.4 is 5.73 Å². The third kappa shape index (κ3) is 2.80. The molecule has 0 aromatic carbocycles. The second-order valence-electron chi connectivity index (χ2n) is 5.47. The molecule has 6 heteroatoms. The van der Waals surface area contributed by atoms with Crippen molar-refractivity contribution in [2.75, 3.05) is 11.5 Å². The molecule has 0 bridgehead atoms.